The maximum Gasteiger partial charge on any atom is 0.265 e. The zero-order chi connectivity index (χ0) is 16.4. The molecule has 2 amide bonds. The minimum Gasteiger partial charge on any atom is -0.366 e. The van der Waals surface area contributed by atoms with Crippen LogP contribution in [-0.4, -0.2) is 11.8 Å². The van der Waals surface area contributed by atoms with Crippen molar-refractivity contribution < 1.29 is 9.59 Å². The molecule has 4 nitrogen and oxygen atoms in total. The number of anilines is 1. The van der Waals surface area contributed by atoms with Crippen LogP contribution in [0.4, 0.5) is 5.69 Å². The van der Waals surface area contributed by atoms with Gasteiger partial charge < -0.3 is 11.1 Å². The van der Waals surface area contributed by atoms with E-state index in [1.807, 2.05) is 6.07 Å². The van der Waals surface area contributed by atoms with E-state index >= 15 is 0 Å². The largest absolute Gasteiger partial charge is 0.366 e. The Hall–Kier alpha value is -2.14. The van der Waals surface area contributed by atoms with Crippen molar-refractivity contribution in [2.24, 2.45) is 11.7 Å². The van der Waals surface area contributed by atoms with Crippen LogP contribution in [0.15, 0.2) is 30.3 Å². The third-order valence-corrected chi connectivity index (χ3v) is 5.65. The molecule has 0 spiro atoms. The number of benzene rings is 1. The highest BCUT2D eigenvalue weighted by Crippen LogP contribution is 2.33. The fraction of sp³-hybridized carbons (Fsp3) is 0.333. The van der Waals surface area contributed by atoms with Crippen molar-refractivity contribution in [3.63, 3.8) is 0 Å². The molecule has 0 saturated heterocycles. The molecule has 0 bridgehead atoms. The molecule has 3 rings (SSSR count). The average molecular weight is 328 g/mol. The third-order valence-electron chi connectivity index (χ3n) is 4.41. The van der Waals surface area contributed by atoms with Gasteiger partial charge in [-0.15, -0.1) is 11.3 Å². The first kappa shape index (κ1) is 15.7. The van der Waals surface area contributed by atoms with Gasteiger partial charge in [-0.3, -0.25) is 9.59 Å². The summed E-state index contributed by atoms with van der Waals surface area (Å²) in [5.74, 6) is 0.179. The molecule has 1 atom stereocenters. The second-order valence-electron chi connectivity index (χ2n) is 5.97. The number of rotatable bonds is 4. The number of fused-ring (bicyclic) bond motifs is 1. The van der Waals surface area contributed by atoms with Crippen LogP contribution in [0.25, 0.3) is 0 Å². The van der Waals surface area contributed by atoms with E-state index in [9.17, 15) is 9.59 Å². The van der Waals surface area contributed by atoms with Gasteiger partial charge in [-0.1, -0.05) is 13.3 Å². The Labute approximate surface area is 139 Å². The predicted molar refractivity (Wildman–Crippen MR) is 93.0 cm³/mol. The number of amides is 2. The maximum atomic E-state index is 12.4. The highest BCUT2D eigenvalue weighted by atomic mass is 32.1. The Balaban J connectivity index is 1.71. The predicted octanol–water partition coefficient (Wildman–Crippen LogP) is 3.61. The molecule has 120 valence electrons. The smallest absolute Gasteiger partial charge is 0.265 e. The summed E-state index contributed by atoms with van der Waals surface area (Å²) < 4.78 is 0. The lowest BCUT2D eigenvalue weighted by atomic mass is 9.87. The van der Waals surface area contributed by atoms with Gasteiger partial charge in [0.1, 0.15) is 0 Å². The monoisotopic (exact) mass is 328 g/mol. The van der Waals surface area contributed by atoms with Crippen molar-refractivity contribution in [3.05, 3.63) is 51.2 Å². The summed E-state index contributed by atoms with van der Waals surface area (Å²) in [5.41, 5.74) is 7.64. The average Bonchev–Trinajstić information content (AvgIpc) is 2.98. The van der Waals surface area contributed by atoms with Gasteiger partial charge in [0.25, 0.3) is 5.91 Å². The molecule has 5 heteroatoms. The van der Waals surface area contributed by atoms with Gasteiger partial charge in [0, 0.05) is 16.1 Å². The summed E-state index contributed by atoms with van der Waals surface area (Å²) in [4.78, 5) is 25.6. The van der Waals surface area contributed by atoms with Crippen LogP contribution in [0.3, 0.4) is 0 Å². The molecule has 0 radical (unpaired) electrons. The Kier molecular flexibility index (Phi) is 4.48. The summed E-state index contributed by atoms with van der Waals surface area (Å²) in [6.45, 7) is 2.23. The lowest BCUT2D eigenvalue weighted by molar-refractivity contribution is 0.0998. The van der Waals surface area contributed by atoms with Crippen LogP contribution < -0.4 is 11.1 Å². The number of thiophene rings is 1. The van der Waals surface area contributed by atoms with Crippen LogP contribution >= 0.6 is 11.3 Å². The van der Waals surface area contributed by atoms with Crippen molar-refractivity contribution in [1.29, 1.82) is 0 Å². The summed E-state index contributed by atoms with van der Waals surface area (Å²) in [7, 11) is 0. The van der Waals surface area contributed by atoms with Crippen molar-refractivity contribution >= 4 is 28.8 Å². The molecule has 2 aromatic rings. The lowest BCUT2D eigenvalue weighted by Crippen LogP contribution is -2.12. The van der Waals surface area contributed by atoms with Crippen molar-refractivity contribution in [3.8, 4) is 0 Å². The zero-order valence-corrected chi connectivity index (χ0v) is 13.9. The van der Waals surface area contributed by atoms with Crippen LogP contribution in [-0.2, 0) is 12.8 Å². The molecule has 0 aliphatic heterocycles. The molecule has 1 aliphatic rings. The molecule has 23 heavy (non-hydrogen) atoms. The molecule has 1 aromatic heterocycles. The van der Waals surface area contributed by atoms with Gasteiger partial charge in [-0.25, -0.2) is 0 Å². The minimum absolute atomic E-state index is 0.0933. The Morgan fingerprint density at radius 2 is 2.04 bits per heavy atom. The lowest BCUT2D eigenvalue weighted by Gasteiger charge is -2.19. The third kappa shape index (κ3) is 3.45. The number of hydrogen-bond acceptors (Lipinski definition) is 3. The van der Waals surface area contributed by atoms with E-state index in [-0.39, 0.29) is 5.91 Å². The molecule has 1 heterocycles. The molecular weight excluding hydrogens is 308 g/mol. The number of aryl methyl sites for hydroxylation is 1. The van der Waals surface area contributed by atoms with E-state index in [1.165, 1.54) is 23.3 Å². The number of carbonyl (C=O) groups is 2. The summed E-state index contributed by atoms with van der Waals surface area (Å²) in [6.07, 6.45) is 4.59. The fourth-order valence-electron chi connectivity index (χ4n) is 2.97. The number of nitrogens with two attached hydrogens (primary N) is 1. The standard InChI is InChI=1S/C18H20N2O2S/c1-2-11-3-8-15-13(9-11)10-16(23-15)18(22)20-14-6-4-12(5-7-14)17(19)21/h4-7,10-11H,2-3,8-9H2,1H3,(H2,19,21)(H,20,22)/t11-/m0/s1. The van der Waals surface area contributed by atoms with E-state index in [2.05, 4.69) is 12.2 Å². The Bertz CT molecular complexity index is 734. The summed E-state index contributed by atoms with van der Waals surface area (Å²) in [5, 5.41) is 2.88. The zero-order valence-electron chi connectivity index (χ0n) is 13.1. The summed E-state index contributed by atoms with van der Waals surface area (Å²) in [6, 6.07) is 8.65. The van der Waals surface area contributed by atoms with Crippen LogP contribution in [0.2, 0.25) is 0 Å². The first-order valence-corrected chi connectivity index (χ1v) is 8.71. The molecule has 0 saturated carbocycles. The topological polar surface area (TPSA) is 72.2 Å². The van der Waals surface area contributed by atoms with E-state index in [4.69, 9.17) is 5.73 Å². The Morgan fingerprint density at radius 3 is 2.70 bits per heavy atom. The van der Waals surface area contributed by atoms with Crippen LogP contribution in [0.1, 0.15) is 50.2 Å². The maximum absolute atomic E-state index is 12.4. The molecule has 1 aromatic carbocycles. The van der Waals surface area contributed by atoms with Crippen LogP contribution in [0, 0.1) is 5.92 Å². The van der Waals surface area contributed by atoms with Crippen molar-refractivity contribution in [2.45, 2.75) is 32.6 Å². The molecule has 1 aliphatic carbocycles. The highest BCUT2D eigenvalue weighted by Gasteiger charge is 2.22. The van der Waals surface area contributed by atoms with Crippen molar-refractivity contribution in [1.82, 2.24) is 0 Å². The molecule has 3 N–H and O–H groups in total. The van der Waals surface area contributed by atoms with Gasteiger partial charge in [0.05, 0.1) is 4.88 Å². The quantitative estimate of drug-likeness (QED) is 0.900. The number of carbonyl (C=O) groups excluding carboxylic acids is 2. The van der Waals surface area contributed by atoms with Gasteiger partial charge in [0.15, 0.2) is 0 Å². The molecular formula is C18H20N2O2S. The van der Waals surface area contributed by atoms with E-state index in [0.29, 0.717) is 11.3 Å². The Morgan fingerprint density at radius 1 is 1.30 bits per heavy atom. The first-order chi connectivity index (χ1) is 11.1. The number of primary amides is 1. The number of nitrogens with one attached hydrogen (secondary N) is 1. The van der Waals surface area contributed by atoms with Gasteiger partial charge >= 0.3 is 0 Å². The van der Waals surface area contributed by atoms with E-state index in [0.717, 1.165) is 23.6 Å². The van der Waals surface area contributed by atoms with Crippen LogP contribution in [0.5, 0.6) is 0 Å². The van der Waals surface area contributed by atoms with E-state index < -0.39 is 5.91 Å². The van der Waals surface area contributed by atoms with Crippen molar-refractivity contribution in [2.75, 3.05) is 5.32 Å². The van der Waals surface area contributed by atoms with Gasteiger partial charge in [-0.2, -0.15) is 0 Å². The SMILES string of the molecule is CC[C@H]1CCc2sc(C(=O)Nc3ccc(C(N)=O)cc3)cc2C1. The first-order valence-electron chi connectivity index (χ1n) is 7.89. The van der Waals surface area contributed by atoms with E-state index in [1.54, 1.807) is 35.6 Å². The fourth-order valence-corrected chi connectivity index (χ4v) is 4.07. The highest BCUT2D eigenvalue weighted by molar-refractivity contribution is 7.14. The molecule has 0 fully saturated rings. The summed E-state index contributed by atoms with van der Waals surface area (Å²) >= 11 is 1.60. The number of hydrogen-bond donors (Lipinski definition) is 2. The molecule has 0 unspecified atom stereocenters. The van der Waals surface area contributed by atoms with Gasteiger partial charge in [0.2, 0.25) is 5.91 Å². The second-order valence-corrected chi connectivity index (χ2v) is 7.11. The minimum atomic E-state index is -0.473. The normalized spacial score (nSPS) is 16.7. The second kappa shape index (κ2) is 6.54. The van der Waals surface area contributed by atoms with Gasteiger partial charge in [-0.05, 0) is 61.1 Å².